The Labute approximate surface area is 177 Å². The van der Waals surface area contributed by atoms with Crippen LogP contribution in [0.25, 0.3) is 0 Å². The van der Waals surface area contributed by atoms with Crippen LogP contribution < -0.4 is 4.74 Å². The monoisotopic (exact) mass is 408 g/mol. The Kier molecular flexibility index (Phi) is 6.90. The normalized spacial score (nSPS) is 17.9. The van der Waals surface area contributed by atoms with Crippen molar-refractivity contribution in [2.45, 2.75) is 26.0 Å². The molecular formula is C24H28N2O4. The summed E-state index contributed by atoms with van der Waals surface area (Å²) in [6, 6.07) is 14.7. The molecule has 1 heterocycles. The van der Waals surface area contributed by atoms with Gasteiger partial charge in [-0.3, -0.25) is 9.69 Å². The number of aromatic carboxylic acids is 1. The molecule has 1 fully saturated rings. The minimum absolute atomic E-state index is 0.0348. The smallest absolute Gasteiger partial charge is 0.335 e. The first kappa shape index (κ1) is 21.6. The molecule has 2 atom stereocenters. The number of rotatable bonds is 7. The molecule has 1 N–H and O–H groups in total. The molecule has 1 unspecified atom stereocenters. The second kappa shape index (κ2) is 9.59. The maximum absolute atomic E-state index is 12.0. The first-order chi connectivity index (χ1) is 14.4. The topological polar surface area (TPSA) is 70.1 Å². The van der Waals surface area contributed by atoms with Gasteiger partial charge < -0.3 is 14.7 Å². The molecule has 1 aliphatic rings. The van der Waals surface area contributed by atoms with Crippen LogP contribution in [0.4, 0.5) is 0 Å². The standard InChI is InChI=1S/C24H28N2O4/c1-4-23(27)26-14-13-25(15-18(26)3)16-22(21-8-6-5-7-17(21)2)30-20-11-9-19(10-12-20)24(28)29/h4-12,18,22H,1,13-16H2,2-3H3,(H,28,29)/t18-,22?/m1/s1. The molecule has 30 heavy (non-hydrogen) atoms. The van der Waals surface area contributed by atoms with E-state index in [1.165, 1.54) is 6.08 Å². The molecule has 1 amide bonds. The number of amides is 1. The van der Waals surface area contributed by atoms with E-state index in [0.29, 0.717) is 18.8 Å². The second-order valence-corrected chi connectivity index (χ2v) is 7.64. The van der Waals surface area contributed by atoms with Gasteiger partial charge in [0.2, 0.25) is 5.91 Å². The van der Waals surface area contributed by atoms with E-state index in [1.54, 1.807) is 24.3 Å². The van der Waals surface area contributed by atoms with Crippen molar-refractivity contribution < 1.29 is 19.4 Å². The van der Waals surface area contributed by atoms with E-state index in [0.717, 1.165) is 24.2 Å². The van der Waals surface area contributed by atoms with Crippen molar-refractivity contribution in [2.75, 3.05) is 26.2 Å². The summed E-state index contributed by atoms with van der Waals surface area (Å²) in [5, 5.41) is 9.11. The van der Waals surface area contributed by atoms with Gasteiger partial charge in [-0.15, -0.1) is 0 Å². The summed E-state index contributed by atoms with van der Waals surface area (Å²) in [6.07, 6.45) is 1.15. The third-order valence-corrected chi connectivity index (χ3v) is 5.51. The van der Waals surface area contributed by atoms with E-state index in [2.05, 4.69) is 30.5 Å². The molecule has 2 aromatic carbocycles. The number of nitrogens with zero attached hydrogens (tertiary/aromatic N) is 2. The Morgan fingerprint density at radius 2 is 1.90 bits per heavy atom. The molecule has 6 nitrogen and oxygen atoms in total. The van der Waals surface area contributed by atoms with Crippen LogP contribution in [0.2, 0.25) is 0 Å². The highest BCUT2D eigenvalue weighted by Crippen LogP contribution is 2.27. The van der Waals surface area contributed by atoms with E-state index in [-0.39, 0.29) is 23.6 Å². The number of carboxylic acids is 1. The second-order valence-electron chi connectivity index (χ2n) is 7.64. The minimum atomic E-state index is -0.960. The number of hydrogen-bond acceptors (Lipinski definition) is 4. The van der Waals surface area contributed by atoms with Crippen LogP contribution in [0, 0.1) is 6.92 Å². The minimum Gasteiger partial charge on any atom is -0.484 e. The van der Waals surface area contributed by atoms with E-state index in [9.17, 15) is 9.59 Å². The molecule has 1 saturated heterocycles. The molecule has 6 heteroatoms. The third kappa shape index (κ3) is 5.07. The maximum Gasteiger partial charge on any atom is 0.335 e. The van der Waals surface area contributed by atoms with Gasteiger partial charge in [0.05, 0.1) is 5.56 Å². The Bertz CT molecular complexity index is 910. The SMILES string of the molecule is C=CC(=O)N1CCN(CC(Oc2ccc(C(=O)O)cc2)c2ccccc2C)C[C@H]1C. The Hall–Kier alpha value is -3.12. The molecular weight excluding hydrogens is 380 g/mol. The molecule has 0 saturated carbocycles. The van der Waals surface area contributed by atoms with Gasteiger partial charge in [-0.05, 0) is 55.3 Å². The molecule has 0 radical (unpaired) electrons. The molecule has 158 valence electrons. The Morgan fingerprint density at radius 1 is 1.20 bits per heavy atom. The van der Waals surface area contributed by atoms with E-state index >= 15 is 0 Å². The fourth-order valence-electron chi connectivity index (χ4n) is 3.87. The summed E-state index contributed by atoms with van der Waals surface area (Å²) in [6.45, 7) is 10.5. The quantitative estimate of drug-likeness (QED) is 0.710. The van der Waals surface area contributed by atoms with E-state index in [1.807, 2.05) is 24.0 Å². The summed E-state index contributed by atoms with van der Waals surface area (Å²) in [5.41, 5.74) is 2.46. The average molecular weight is 408 g/mol. The molecule has 0 bridgehead atoms. The Balaban J connectivity index is 1.77. The van der Waals surface area contributed by atoms with Crippen molar-refractivity contribution in [1.29, 1.82) is 0 Å². The van der Waals surface area contributed by atoms with Crippen LogP contribution in [0.5, 0.6) is 5.75 Å². The van der Waals surface area contributed by atoms with Gasteiger partial charge in [-0.25, -0.2) is 4.79 Å². The number of ether oxygens (including phenoxy) is 1. The molecule has 2 aromatic rings. The fourth-order valence-corrected chi connectivity index (χ4v) is 3.87. The lowest BCUT2D eigenvalue weighted by Crippen LogP contribution is -2.54. The summed E-state index contributed by atoms with van der Waals surface area (Å²) in [4.78, 5) is 27.3. The highest BCUT2D eigenvalue weighted by atomic mass is 16.5. The van der Waals surface area contributed by atoms with Gasteiger partial charge in [0.1, 0.15) is 11.9 Å². The maximum atomic E-state index is 12.0. The van der Waals surface area contributed by atoms with E-state index in [4.69, 9.17) is 9.84 Å². The third-order valence-electron chi connectivity index (χ3n) is 5.51. The van der Waals surface area contributed by atoms with Crippen molar-refractivity contribution >= 4 is 11.9 Å². The van der Waals surface area contributed by atoms with Crippen LogP contribution in [0.1, 0.15) is 34.5 Å². The van der Waals surface area contributed by atoms with Crippen molar-refractivity contribution in [2.24, 2.45) is 0 Å². The number of piperazine rings is 1. The summed E-state index contributed by atoms with van der Waals surface area (Å²) in [5.74, 6) is -0.368. The Morgan fingerprint density at radius 3 is 2.50 bits per heavy atom. The zero-order chi connectivity index (χ0) is 21.7. The first-order valence-electron chi connectivity index (χ1n) is 10.1. The molecule has 0 aliphatic carbocycles. The molecule has 0 aromatic heterocycles. The van der Waals surface area contributed by atoms with E-state index < -0.39 is 5.97 Å². The molecule has 3 rings (SSSR count). The number of carboxylic acid groups (broad SMARTS) is 1. The fraction of sp³-hybridized carbons (Fsp3) is 0.333. The summed E-state index contributed by atoms with van der Waals surface area (Å²) in [7, 11) is 0. The number of hydrogen-bond donors (Lipinski definition) is 1. The number of carbonyl (C=O) groups excluding carboxylic acids is 1. The van der Waals surface area contributed by atoms with Gasteiger partial charge >= 0.3 is 5.97 Å². The highest BCUT2D eigenvalue weighted by molar-refractivity contribution is 5.87. The van der Waals surface area contributed by atoms with Crippen LogP contribution in [0.15, 0.2) is 61.2 Å². The van der Waals surface area contributed by atoms with Gasteiger partial charge in [-0.1, -0.05) is 30.8 Å². The molecule has 0 spiro atoms. The van der Waals surface area contributed by atoms with Crippen LogP contribution in [-0.4, -0.2) is 59.0 Å². The van der Waals surface area contributed by atoms with Crippen LogP contribution >= 0.6 is 0 Å². The van der Waals surface area contributed by atoms with Crippen LogP contribution in [0.3, 0.4) is 0 Å². The van der Waals surface area contributed by atoms with Crippen molar-refractivity contribution in [3.8, 4) is 5.75 Å². The van der Waals surface area contributed by atoms with Gasteiger partial charge in [0.15, 0.2) is 0 Å². The summed E-state index contributed by atoms with van der Waals surface area (Å²) >= 11 is 0. The molecule has 1 aliphatic heterocycles. The van der Waals surface area contributed by atoms with Gasteiger partial charge in [0, 0.05) is 32.2 Å². The summed E-state index contributed by atoms with van der Waals surface area (Å²) < 4.78 is 6.32. The predicted octanol–water partition coefficient (Wildman–Crippen LogP) is 3.53. The lowest BCUT2D eigenvalue weighted by molar-refractivity contribution is -0.130. The predicted molar refractivity (Wildman–Crippen MR) is 116 cm³/mol. The highest BCUT2D eigenvalue weighted by Gasteiger charge is 2.28. The zero-order valence-electron chi connectivity index (χ0n) is 17.5. The largest absolute Gasteiger partial charge is 0.484 e. The average Bonchev–Trinajstić information content (AvgIpc) is 2.73. The number of carbonyl (C=O) groups is 2. The lowest BCUT2D eigenvalue weighted by Gasteiger charge is -2.40. The van der Waals surface area contributed by atoms with Crippen molar-refractivity contribution in [3.05, 3.63) is 77.9 Å². The van der Waals surface area contributed by atoms with Gasteiger partial charge in [0.25, 0.3) is 0 Å². The van der Waals surface area contributed by atoms with Crippen LogP contribution in [-0.2, 0) is 4.79 Å². The number of aryl methyl sites for hydroxylation is 1. The lowest BCUT2D eigenvalue weighted by atomic mass is 10.0. The van der Waals surface area contributed by atoms with Crippen molar-refractivity contribution in [1.82, 2.24) is 9.80 Å². The number of benzene rings is 2. The van der Waals surface area contributed by atoms with Gasteiger partial charge in [-0.2, -0.15) is 0 Å². The first-order valence-corrected chi connectivity index (χ1v) is 10.1. The van der Waals surface area contributed by atoms with Crippen molar-refractivity contribution in [3.63, 3.8) is 0 Å². The zero-order valence-corrected chi connectivity index (χ0v) is 17.5.